The van der Waals surface area contributed by atoms with Gasteiger partial charge in [0.25, 0.3) is 0 Å². The van der Waals surface area contributed by atoms with Crippen molar-refractivity contribution in [3.05, 3.63) is 42.3 Å². The lowest BCUT2D eigenvalue weighted by Gasteiger charge is -2.11. The molecule has 1 aromatic heterocycles. The maximum absolute atomic E-state index is 11.2. The largest absolute Gasteiger partial charge is 0.445 e. The number of hydrogen-bond donors (Lipinski definition) is 1. The fourth-order valence-electron chi connectivity index (χ4n) is 1.58. The van der Waals surface area contributed by atoms with Gasteiger partial charge in [-0.2, -0.15) is 0 Å². The highest BCUT2D eigenvalue weighted by atomic mass is 16.3. The molecule has 16 heavy (non-hydrogen) atoms. The molecular formula is C12H12N2O2. The minimum atomic E-state index is -0.362. The molecule has 2 aromatic rings. The van der Waals surface area contributed by atoms with Crippen LogP contribution in [0.25, 0.3) is 11.5 Å². The van der Waals surface area contributed by atoms with Crippen LogP contribution in [0.15, 0.2) is 41.1 Å². The van der Waals surface area contributed by atoms with E-state index >= 15 is 0 Å². The Bertz CT molecular complexity index is 491. The molecule has 1 heterocycles. The number of carbonyl (C=O) groups is 1. The monoisotopic (exact) mass is 216 g/mol. The van der Waals surface area contributed by atoms with Gasteiger partial charge in [-0.1, -0.05) is 18.2 Å². The van der Waals surface area contributed by atoms with Crippen molar-refractivity contribution in [3.63, 3.8) is 0 Å². The zero-order valence-electron chi connectivity index (χ0n) is 8.88. The van der Waals surface area contributed by atoms with Gasteiger partial charge in [-0.3, -0.25) is 4.79 Å². The molecule has 0 aliphatic heterocycles. The highest BCUT2D eigenvalue weighted by molar-refractivity contribution is 5.83. The number of carbonyl (C=O) groups excluding carboxylic acids is 1. The maximum atomic E-state index is 11.2. The van der Waals surface area contributed by atoms with Crippen molar-refractivity contribution in [1.29, 1.82) is 0 Å². The van der Waals surface area contributed by atoms with Crippen LogP contribution in [0, 0.1) is 0 Å². The Morgan fingerprint density at radius 3 is 2.81 bits per heavy atom. The van der Waals surface area contributed by atoms with E-state index in [1.54, 1.807) is 13.1 Å². The number of benzene rings is 1. The molecule has 1 amide bonds. The summed E-state index contributed by atoms with van der Waals surface area (Å²) in [4.78, 5) is 15.3. The first-order chi connectivity index (χ1) is 7.70. The second-order valence-corrected chi connectivity index (χ2v) is 3.55. The van der Waals surface area contributed by atoms with Gasteiger partial charge in [-0.25, -0.2) is 4.98 Å². The van der Waals surface area contributed by atoms with Gasteiger partial charge in [0.2, 0.25) is 11.8 Å². The summed E-state index contributed by atoms with van der Waals surface area (Å²) in [5, 5.41) is 0. The molecule has 0 saturated carbocycles. The number of nitrogens with two attached hydrogens (primary N) is 1. The first kappa shape index (κ1) is 10.4. The third-order valence-electron chi connectivity index (χ3n) is 2.52. The maximum Gasteiger partial charge on any atom is 0.226 e. The third-order valence-corrected chi connectivity index (χ3v) is 2.52. The van der Waals surface area contributed by atoms with E-state index < -0.39 is 0 Å². The molecule has 0 spiro atoms. The van der Waals surface area contributed by atoms with E-state index in [1.807, 2.05) is 24.3 Å². The quantitative estimate of drug-likeness (QED) is 0.852. The molecule has 4 nitrogen and oxygen atoms in total. The molecule has 0 unspecified atom stereocenters. The Balaban J connectivity index is 2.50. The lowest BCUT2D eigenvalue weighted by atomic mass is 9.95. The van der Waals surface area contributed by atoms with Gasteiger partial charge in [-0.15, -0.1) is 0 Å². The minimum Gasteiger partial charge on any atom is -0.445 e. The SMILES string of the molecule is C[C@@H](C(N)=O)c1ccccc1-c1ncco1. The fraction of sp³-hybridized carbons (Fsp3) is 0.167. The summed E-state index contributed by atoms with van der Waals surface area (Å²) in [6, 6.07) is 7.45. The molecule has 2 rings (SSSR count). The summed E-state index contributed by atoms with van der Waals surface area (Å²) in [5.74, 6) is -0.217. The molecule has 0 fully saturated rings. The molecule has 1 aromatic carbocycles. The molecule has 0 aliphatic carbocycles. The van der Waals surface area contributed by atoms with Gasteiger partial charge >= 0.3 is 0 Å². The normalized spacial score (nSPS) is 12.3. The van der Waals surface area contributed by atoms with Crippen molar-refractivity contribution in [2.24, 2.45) is 5.73 Å². The number of aromatic nitrogens is 1. The van der Waals surface area contributed by atoms with Gasteiger partial charge in [0, 0.05) is 5.56 Å². The molecule has 0 saturated heterocycles. The number of amides is 1. The van der Waals surface area contributed by atoms with E-state index in [2.05, 4.69) is 4.98 Å². The summed E-state index contributed by atoms with van der Waals surface area (Å²) in [6.45, 7) is 1.77. The standard InChI is InChI=1S/C12H12N2O2/c1-8(11(13)15)9-4-2-3-5-10(9)12-14-6-7-16-12/h2-8H,1H3,(H2,13,15)/t8-/m1/s1. The molecule has 0 radical (unpaired) electrons. The van der Waals surface area contributed by atoms with Crippen LogP contribution < -0.4 is 5.73 Å². The number of primary amides is 1. The molecule has 82 valence electrons. The summed E-state index contributed by atoms with van der Waals surface area (Å²) in [6.07, 6.45) is 3.07. The van der Waals surface area contributed by atoms with Crippen molar-refractivity contribution >= 4 is 5.91 Å². The minimum absolute atomic E-state index is 0.358. The highest BCUT2D eigenvalue weighted by Gasteiger charge is 2.17. The number of hydrogen-bond acceptors (Lipinski definition) is 3. The lowest BCUT2D eigenvalue weighted by Crippen LogP contribution is -2.19. The predicted molar refractivity (Wildman–Crippen MR) is 59.5 cm³/mol. The smallest absolute Gasteiger partial charge is 0.226 e. The number of oxazole rings is 1. The Kier molecular flexibility index (Phi) is 2.72. The molecule has 2 N–H and O–H groups in total. The summed E-state index contributed by atoms with van der Waals surface area (Å²) in [5.41, 5.74) is 6.94. The van der Waals surface area contributed by atoms with Crippen LogP contribution in [0.2, 0.25) is 0 Å². The van der Waals surface area contributed by atoms with E-state index in [9.17, 15) is 4.79 Å². The van der Waals surface area contributed by atoms with Crippen molar-refractivity contribution < 1.29 is 9.21 Å². The van der Waals surface area contributed by atoms with Crippen LogP contribution in [0.1, 0.15) is 18.4 Å². The van der Waals surface area contributed by atoms with Gasteiger partial charge in [0.15, 0.2) is 0 Å². The van der Waals surface area contributed by atoms with Crippen LogP contribution in [-0.2, 0) is 4.79 Å². The van der Waals surface area contributed by atoms with E-state index in [4.69, 9.17) is 10.2 Å². The van der Waals surface area contributed by atoms with Crippen molar-refractivity contribution in [3.8, 4) is 11.5 Å². The van der Waals surface area contributed by atoms with Crippen LogP contribution in [0.3, 0.4) is 0 Å². The van der Waals surface area contributed by atoms with E-state index in [-0.39, 0.29) is 11.8 Å². The first-order valence-electron chi connectivity index (χ1n) is 4.98. The Morgan fingerprint density at radius 1 is 1.44 bits per heavy atom. The molecule has 0 bridgehead atoms. The molecule has 0 aliphatic rings. The average Bonchev–Trinajstić information content (AvgIpc) is 2.81. The Morgan fingerprint density at radius 2 is 2.19 bits per heavy atom. The summed E-state index contributed by atoms with van der Waals surface area (Å²) >= 11 is 0. The molecule has 1 atom stereocenters. The van der Waals surface area contributed by atoms with Crippen LogP contribution in [0.4, 0.5) is 0 Å². The zero-order valence-corrected chi connectivity index (χ0v) is 8.88. The van der Waals surface area contributed by atoms with E-state index in [0.29, 0.717) is 5.89 Å². The highest BCUT2D eigenvalue weighted by Crippen LogP contribution is 2.27. The zero-order chi connectivity index (χ0) is 11.5. The Hall–Kier alpha value is -2.10. The van der Waals surface area contributed by atoms with Crippen LogP contribution in [-0.4, -0.2) is 10.9 Å². The van der Waals surface area contributed by atoms with E-state index in [1.165, 1.54) is 6.26 Å². The van der Waals surface area contributed by atoms with Gasteiger partial charge in [-0.05, 0) is 18.6 Å². The number of rotatable bonds is 3. The molecular weight excluding hydrogens is 204 g/mol. The van der Waals surface area contributed by atoms with Gasteiger partial charge < -0.3 is 10.2 Å². The van der Waals surface area contributed by atoms with Crippen LogP contribution >= 0.6 is 0 Å². The lowest BCUT2D eigenvalue weighted by molar-refractivity contribution is -0.119. The topological polar surface area (TPSA) is 69.1 Å². The van der Waals surface area contributed by atoms with Crippen molar-refractivity contribution in [2.75, 3.05) is 0 Å². The summed E-state index contributed by atoms with van der Waals surface area (Å²) in [7, 11) is 0. The fourth-order valence-corrected chi connectivity index (χ4v) is 1.58. The predicted octanol–water partition coefficient (Wildman–Crippen LogP) is 1.93. The third kappa shape index (κ3) is 1.82. The van der Waals surface area contributed by atoms with Gasteiger partial charge in [0.1, 0.15) is 6.26 Å². The molecule has 4 heteroatoms. The first-order valence-corrected chi connectivity index (χ1v) is 4.98. The van der Waals surface area contributed by atoms with Crippen molar-refractivity contribution in [1.82, 2.24) is 4.98 Å². The van der Waals surface area contributed by atoms with E-state index in [0.717, 1.165) is 11.1 Å². The van der Waals surface area contributed by atoms with Gasteiger partial charge in [0.05, 0.1) is 12.1 Å². The average molecular weight is 216 g/mol. The Labute approximate surface area is 93.1 Å². The van der Waals surface area contributed by atoms with Crippen molar-refractivity contribution in [2.45, 2.75) is 12.8 Å². The number of nitrogens with zero attached hydrogens (tertiary/aromatic N) is 1. The summed E-state index contributed by atoms with van der Waals surface area (Å²) < 4.78 is 5.23. The van der Waals surface area contributed by atoms with Crippen LogP contribution in [0.5, 0.6) is 0 Å². The second-order valence-electron chi connectivity index (χ2n) is 3.55. The second kappa shape index (κ2) is 4.18.